The largest absolute Gasteiger partial charge is 0.497 e. The van der Waals surface area contributed by atoms with E-state index in [1.54, 1.807) is 7.11 Å². The van der Waals surface area contributed by atoms with Crippen LogP contribution in [-0.2, 0) is 10.2 Å². The molecule has 1 atom stereocenters. The second kappa shape index (κ2) is 7.63. The highest BCUT2D eigenvalue weighted by molar-refractivity contribution is 5.76. The molecule has 4 heteroatoms. The molecule has 1 saturated carbocycles. The number of rotatable bonds is 6. The van der Waals surface area contributed by atoms with Crippen molar-refractivity contribution in [2.24, 2.45) is 5.73 Å². The Morgan fingerprint density at radius 3 is 2.45 bits per heavy atom. The monoisotopic (exact) mass is 304 g/mol. The highest BCUT2D eigenvalue weighted by atomic mass is 16.5. The van der Waals surface area contributed by atoms with Crippen molar-refractivity contribution >= 4 is 5.91 Å². The zero-order chi connectivity index (χ0) is 16.0. The molecular weight excluding hydrogens is 276 g/mol. The molecule has 1 aromatic carbocycles. The van der Waals surface area contributed by atoms with E-state index >= 15 is 0 Å². The van der Waals surface area contributed by atoms with E-state index < -0.39 is 0 Å². The van der Waals surface area contributed by atoms with E-state index in [0.717, 1.165) is 18.6 Å². The van der Waals surface area contributed by atoms with Gasteiger partial charge in [0.1, 0.15) is 5.75 Å². The molecule has 4 nitrogen and oxygen atoms in total. The van der Waals surface area contributed by atoms with E-state index in [-0.39, 0.29) is 17.4 Å². The number of nitrogens with two attached hydrogens (primary N) is 1. The van der Waals surface area contributed by atoms with Crippen LogP contribution in [0.25, 0.3) is 0 Å². The quantitative estimate of drug-likeness (QED) is 0.849. The molecule has 3 N–H and O–H groups in total. The van der Waals surface area contributed by atoms with Crippen molar-refractivity contribution in [1.82, 2.24) is 5.32 Å². The number of carbonyl (C=O) groups excluding carboxylic acids is 1. The first-order valence-corrected chi connectivity index (χ1v) is 8.22. The van der Waals surface area contributed by atoms with Crippen molar-refractivity contribution in [2.45, 2.75) is 56.9 Å². The number of amides is 1. The van der Waals surface area contributed by atoms with E-state index in [1.807, 2.05) is 19.1 Å². The minimum absolute atomic E-state index is 0.0495. The molecule has 1 aliphatic carbocycles. The van der Waals surface area contributed by atoms with Gasteiger partial charge in [-0.25, -0.2) is 0 Å². The molecule has 0 saturated heterocycles. The van der Waals surface area contributed by atoms with Gasteiger partial charge in [0.15, 0.2) is 0 Å². The summed E-state index contributed by atoms with van der Waals surface area (Å²) in [5.74, 6) is 0.921. The molecule has 1 fully saturated rings. The van der Waals surface area contributed by atoms with Gasteiger partial charge >= 0.3 is 0 Å². The van der Waals surface area contributed by atoms with E-state index in [2.05, 4.69) is 17.4 Å². The fraction of sp³-hybridized carbons (Fsp3) is 0.611. The van der Waals surface area contributed by atoms with Crippen molar-refractivity contribution in [3.8, 4) is 5.75 Å². The number of hydrogen-bond acceptors (Lipinski definition) is 3. The Labute approximate surface area is 133 Å². The predicted molar refractivity (Wildman–Crippen MR) is 89.0 cm³/mol. The number of benzene rings is 1. The SMILES string of the molecule is COc1ccc(C2(CNC(=O)CC(C)N)CCCCC2)cc1. The van der Waals surface area contributed by atoms with Crippen LogP contribution in [0, 0.1) is 0 Å². The average Bonchev–Trinajstić information content (AvgIpc) is 2.53. The lowest BCUT2D eigenvalue weighted by atomic mass is 9.69. The highest BCUT2D eigenvalue weighted by Gasteiger charge is 2.34. The van der Waals surface area contributed by atoms with E-state index in [1.165, 1.54) is 24.8 Å². The standard InChI is InChI=1S/C18H28N2O2/c1-14(19)12-17(21)20-13-18(10-4-3-5-11-18)15-6-8-16(22-2)9-7-15/h6-9,14H,3-5,10-13,19H2,1-2H3,(H,20,21). The summed E-state index contributed by atoms with van der Waals surface area (Å²) >= 11 is 0. The Hall–Kier alpha value is -1.55. The van der Waals surface area contributed by atoms with Gasteiger partial charge in [-0.1, -0.05) is 31.4 Å². The maximum absolute atomic E-state index is 12.0. The Kier molecular flexibility index (Phi) is 5.83. The van der Waals surface area contributed by atoms with Gasteiger partial charge < -0.3 is 15.8 Å². The summed E-state index contributed by atoms with van der Waals surface area (Å²) in [6, 6.07) is 8.21. The van der Waals surface area contributed by atoms with Crippen LogP contribution >= 0.6 is 0 Å². The molecule has 0 aliphatic heterocycles. The molecular formula is C18H28N2O2. The second-order valence-electron chi connectivity index (χ2n) is 6.53. The Morgan fingerprint density at radius 1 is 1.27 bits per heavy atom. The smallest absolute Gasteiger partial charge is 0.221 e. The lowest BCUT2D eigenvalue weighted by Crippen LogP contribution is -2.43. The average molecular weight is 304 g/mol. The summed E-state index contributed by atoms with van der Waals surface area (Å²) < 4.78 is 5.25. The number of carbonyl (C=O) groups is 1. The minimum atomic E-state index is -0.0942. The van der Waals surface area contributed by atoms with Crippen LogP contribution in [0.1, 0.15) is 51.0 Å². The summed E-state index contributed by atoms with van der Waals surface area (Å²) in [6.45, 7) is 2.56. The summed E-state index contributed by atoms with van der Waals surface area (Å²) in [6.07, 6.45) is 6.35. The number of nitrogens with one attached hydrogen (secondary N) is 1. The van der Waals surface area contributed by atoms with Gasteiger partial charge in [-0.05, 0) is 37.5 Å². The van der Waals surface area contributed by atoms with Gasteiger partial charge in [-0.3, -0.25) is 4.79 Å². The van der Waals surface area contributed by atoms with Gasteiger partial charge in [-0.2, -0.15) is 0 Å². The van der Waals surface area contributed by atoms with E-state index in [9.17, 15) is 4.79 Å². The maximum atomic E-state index is 12.0. The first-order chi connectivity index (χ1) is 10.6. The first kappa shape index (κ1) is 16.8. The predicted octanol–water partition coefficient (Wildman–Crippen LogP) is 2.75. The van der Waals surface area contributed by atoms with Crippen molar-refractivity contribution in [1.29, 1.82) is 0 Å². The van der Waals surface area contributed by atoms with Crippen LogP contribution in [0.15, 0.2) is 24.3 Å². The van der Waals surface area contributed by atoms with E-state index in [4.69, 9.17) is 10.5 Å². The van der Waals surface area contributed by atoms with Crippen molar-refractivity contribution < 1.29 is 9.53 Å². The molecule has 1 aromatic rings. The van der Waals surface area contributed by atoms with Crippen LogP contribution < -0.4 is 15.8 Å². The molecule has 122 valence electrons. The zero-order valence-corrected chi connectivity index (χ0v) is 13.7. The lowest BCUT2D eigenvalue weighted by molar-refractivity contribution is -0.121. The third kappa shape index (κ3) is 4.23. The second-order valence-corrected chi connectivity index (χ2v) is 6.53. The third-order valence-electron chi connectivity index (χ3n) is 4.64. The van der Waals surface area contributed by atoms with Crippen LogP contribution in [0.2, 0.25) is 0 Å². The number of methoxy groups -OCH3 is 1. The summed E-state index contributed by atoms with van der Waals surface area (Å²) in [5.41, 5.74) is 7.06. The van der Waals surface area contributed by atoms with Crippen LogP contribution in [0.5, 0.6) is 5.75 Å². The topological polar surface area (TPSA) is 64.3 Å². The van der Waals surface area contributed by atoms with Crippen molar-refractivity contribution in [3.05, 3.63) is 29.8 Å². The molecule has 22 heavy (non-hydrogen) atoms. The molecule has 0 radical (unpaired) electrons. The lowest BCUT2D eigenvalue weighted by Gasteiger charge is -2.38. The molecule has 0 bridgehead atoms. The van der Waals surface area contributed by atoms with Crippen molar-refractivity contribution in [3.63, 3.8) is 0 Å². The summed E-state index contributed by atoms with van der Waals surface area (Å²) in [7, 11) is 1.68. The molecule has 1 amide bonds. The molecule has 0 heterocycles. The normalized spacial score (nSPS) is 18.5. The van der Waals surface area contributed by atoms with Crippen LogP contribution in [0.4, 0.5) is 0 Å². The maximum Gasteiger partial charge on any atom is 0.221 e. The molecule has 0 aromatic heterocycles. The fourth-order valence-electron chi connectivity index (χ4n) is 3.37. The summed E-state index contributed by atoms with van der Waals surface area (Å²) in [4.78, 5) is 12.0. The van der Waals surface area contributed by atoms with Gasteiger partial charge in [0.2, 0.25) is 5.91 Å². The van der Waals surface area contributed by atoms with Gasteiger partial charge in [0.05, 0.1) is 7.11 Å². The molecule has 0 spiro atoms. The van der Waals surface area contributed by atoms with E-state index in [0.29, 0.717) is 13.0 Å². The molecule has 1 aliphatic rings. The Bertz CT molecular complexity index is 476. The minimum Gasteiger partial charge on any atom is -0.497 e. The molecule has 1 unspecified atom stereocenters. The van der Waals surface area contributed by atoms with Crippen molar-refractivity contribution in [2.75, 3.05) is 13.7 Å². The first-order valence-electron chi connectivity index (χ1n) is 8.22. The van der Waals surface area contributed by atoms with Crippen LogP contribution in [0.3, 0.4) is 0 Å². The number of ether oxygens (including phenoxy) is 1. The molecule has 2 rings (SSSR count). The Morgan fingerprint density at radius 2 is 1.91 bits per heavy atom. The number of hydrogen-bond donors (Lipinski definition) is 2. The van der Waals surface area contributed by atoms with Gasteiger partial charge in [0, 0.05) is 24.4 Å². The zero-order valence-electron chi connectivity index (χ0n) is 13.7. The fourth-order valence-corrected chi connectivity index (χ4v) is 3.37. The van der Waals surface area contributed by atoms with Gasteiger partial charge in [-0.15, -0.1) is 0 Å². The van der Waals surface area contributed by atoms with Gasteiger partial charge in [0.25, 0.3) is 0 Å². The van der Waals surface area contributed by atoms with Crippen LogP contribution in [-0.4, -0.2) is 25.6 Å². The highest BCUT2D eigenvalue weighted by Crippen LogP contribution is 2.39. The Balaban J connectivity index is 2.11. The third-order valence-corrected chi connectivity index (χ3v) is 4.64. The summed E-state index contributed by atoms with van der Waals surface area (Å²) in [5, 5.41) is 3.10.